The summed E-state index contributed by atoms with van der Waals surface area (Å²) in [5, 5.41) is 12.1. The van der Waals surface area contributed by atoms with Crippen LogP contribution in [0.25, 0.3) is 0 Å². The Bertz CT molecular complexity index is 2130. The molecular weight excluding hydrogens is 806 g/mol. The van der Waals surface area contributed by atoms with E-state index in [0.717, 1.165) is 27.8 Å². The molecule has 0 saturated heterocycles. The smallest absolute Gasteiger partial charge is 0.312 e. The number of ether oxygens (including phenoxy) is 9. The van der Waals surface area contributed by atoms with Gasteiger partial charge in [0.25, 0.3) is 6.29 Å². The number of methoxy groups -OCH3 is 1. The lowest BCUT2D eigenvalue weighted by molar-refractivity contribution is -0.253. The van der Waals surface area contributed by atoms with Gasteiger partial charge in [-0.1, -0.05) is 158 Å². The van der Waals surface area contributed by atoms with Crippen LogP contribution >= 0.6 is 9.12 Å². The van der Waals surface area contributed by atoms with E-state index >= 15 is 0 Å². The van der Waals surface area contributed by atoms with Crippen LogP contribution in [-0.4, -0.2) is 69.1 Å². The third-order valence-corrected chi connectivity index (χ3v) is 10.2. The van der Waals surface area contributed by atoms with Crippen LogP contribution in [0, 0.1) is 0 Å². The summed E-state index contributed by atoms with van der Waals surface area (Å²) in [5.74, 6) is 0.281. The largest absolute Gasteiger partial charge is 0.506 e. The molecule has 324 valence electrons. The molecule has 5 aromatic carbocycles. The number of rotatable bonds is 22. The lowest BCUT2D eigenvalue weighted by Gasteiger charge is -2.41. The van der Waals surface area contributed by atoms with Gasteiger partial charge < -0.3 is 52.4 Å². The monoisotopic (exact) mass is 860 g/mol. The summed E-state index contributed by atoms with van der Waals surface area (Å²) in [6.45, 7) is 2.89. The van der Waals surface area contributed by atoms with Crippen molar-refractivity contribution in [2.24, 2.45) is 0 Å². The van der Waals surface area contributed by atoms with Crippen LogP contribution in [0.5, 0.6) is 0 Å². The summed E-state index contributed by atoms with van der Waals surface area (Å²) in [7, 11) is 4.06. The fourth-order valence-electron chi connectivity index (χ4n) is 7.00. The summed E-state index contributed by atoms with van der Waals surface area (Å²) in [5.41, 5.74) is 4.77. The molecule has 2 aliphatic rings. The third-order valence-electron chi connectivity index (χ3n) is 10.1. The van der Waals surface area contributed by atoms with Gasteiger partial charge in [-0.05, 0) is 27.8 Å². The van der Waals surface area contributed by atoms with E-state index in [1.807, 2.05) is 158 Å². The maximum absolute atomic E-state index is 12.1. The Balaban J connectivity index is 1.26. The number of hydrogen-bond acceptors (Lipinski definition) is 11. The second-order valence-electron chi connectivity index (χ2n) is 14.9. The summed E-state index contributed by atoms with van der Waals surface area (Å²) in [6, 6.07) is 49.2. The first kappa shape index (κ1) is 45.0. The molecule has 0 bridgehead atoms. The highest BCUT2D eigenvalue weighted by Crippen LogP contribution is 2.38. The molecule has 13 heteroatoms. The van der Waals surface area contributed by atoms with Gasteiger partial charge in [-0.3, -0.25) is 0 Å². The predicted molar refractivity (Wildman–Crippen MR) is 238 cm³/mol. The van der Waals surface area contributed by atoms with E-state index in [1.54, 1.807) is 0 Å². The van der Waals surface area contributed by atoms with Crippen LogP contribution in [0.3, 0.4) is 0 Å². The molecule has 0 aliphatic carbocycles. The van der Waals surface area contributed by atoms with Gasteiger partial charge in [0.2, 0.25) is 12.0 Å². The van der Waals surface area contributed by atoms with Crippen LogP contribution in [0.2, 0.25) is 6.82 Å². The van der Waals surface area contributed by atoms with E-state index in [1.165, 1.54) is 7.11 Å². The van der Waals surface area contributed by atoms with Crippen molar-refractivity contribution in [1.82, 2.24) is 0 Å². The fourth-order valence-corrected chi connectivity index (χ4v) is 7.17. The molecule has 0 spiro atoms. The Hall–Kier alpha value is -5.01. The fraction of sp³-hybridized carbons (Fsp3) is 0.306. The molecule has 5 aromatic rings. The first-order valence-corrected chi connectivity index (χ1v) is 21.4. The zero-order valence-corrected chi connectivity index (χ0v) is 36.2. The van der Waals surface area contributed by atoms with Gasteiger partial charge in [0, 0.05) is 7.11 Å². The van der Waals surface area contributed by atoms with E-state index in [2.05, 4.69) is 9.12 Å². The van der Waals surface area contributed by atoms with Gasteiger partial charge in [-0.15, -0.1) is 9.12 Å². The Morgan fingerprint density at radius 3 is 1.37 bits per heavy atom. The van der Waals surface area contributed by atoms with Crippen molar-refractivity contribution in [3.63, 3.8) is 0 Å². The van der Waals surface area contributed by atoms with E-state index in [0.29, 0.717) is 19.0 Å². The third kappa shape index (κ3) is 12.8. The SMILES string of the molecule is COC1OC(COCc2ccccc2)C(OB(C)P)C(O)=C1OC1OC(COCc2ccccc2)C(OCc2ccccc2)C(OCc2ccccc2)=C1OCc1ccccc1. The van der Waals surface area contributed by atoms with Gasteiger partial charge in [-0.25, -0.2) is 0 Å². The minimum absolute atomic E-state index is 0.0525. The van der Waals surface area contributed by atoms with Crippen LogP contribution in [0.4, 0.5) is 0 Å². The highest BCUT2D eigenvalue weighted by Gasteiger charge is 2.47. The number of aliphatic hydroxyl groups is 1. The van der Waals surface area contributed by atoms with Crippen molar-refractivity contribution in [1.29, 1.82) is 0 Å². The number of benzene rings is 5. The van der Waals surface area contributed by atoms with Gasteiger partial charge in [-0.2, -0.15) is 0 Å². The summed E-state index contributed by atoms with van der Waals surface area (Å²) in [4.78, 5) is 0. The Kier molecular flexibility index (Phi) is 17.0. The van der Waals surface area contributed by atoms with Crippen molar-refractivity contribution >= 4 is 15.8 Å². The molecule has 0 saturated carbocycles. The van der Waals surface area contributed by atoms with Gasteiger partial charge >= 0.3 is 6.64 Å². The molecule has 1 N–H and O–H groups in total. The predicted octanol–water partition coefficient (Wildman–Crippen LogP) is 8.91. The van der Waals surface area contributed by atoms with Crippen LogP contribution in [-0.2, 0) is 80.3 Å². The standard InChI is InChI=1S/C49H54BO11P/c1-50(62)61-43-40(33-53-28-35-18-8-3-9-19-35)58-48(52-2)45(42(43)51)60-49-47(57-32-39-26-16-7-17-27-39)46(56-31-38-24-14-6-15-25-38)44(55-30-37-22-12-5-13-23-37)41(59-49)34-54-29-36-20-10-4-11-21-36/h3-27,40-41,43-44,48-49,51H,28-34,62H2,1-2H3. The summed E-state index contributed by atoms with van der Waals surface area (Å²) < 4.78 is 64.7. The maximum Gasteiger partial charge on any atom is 0.312 e. The van der Waals surface area contributed by atoms with E-state index in [9.17, 15) is 5.11 Å². The van der Waals surface area contributed by atoms with E-state index < -0.39 is 37.0 Å². The molecule has 0 fully saturated rings. The molecule has 2 heterocycles. The van der Waals surface area contributed by atoms with Crippen molar-refractivity contribution in [3.05, 3.63) is 203 Å². The quantitative estimate of drug-likeness (QED) is 0.0532. The number of hydrogen-bond donors (Lipinski definition) is 1. The van der Waals surface area contributed by atoms with Gasteiger partial charge in [0.15, 0.2) is 17.3 Å². The average Bonchev–Trinajstić information content (AvgIpc) is 3.31. The van der Waals surface area contributed by atoms with Crippen molar-refractivity contribution in [2.75, 3.05) is 20.3 Å². The lowest BCUT2D eigenvalue weighted by Crippen LogP contribution is -2.50. The average molecular weight is 861 g/mol. The van der Waals surface area contributed by atoms with Crippen LogP contribution in [0.15, 0.2) is 175 Å². The first-order chi connectivity index (χ1) is 30.4. The molecule has 11 nitrogen and oxygen atoms in total. The maximum atomic E-state index is 12.1. The minimum atomic E-state index is -1.30. The number of aliphatic hydroxyl groups excluding tert-OH is 1. The topological polar surface area (TPSA) is 113 Å². The normalized spacial score (nSPS) is 21.4. The molecular formula is C49H54BO11P. The van der Waals surface area contributed by atoms with Gasteiger partial charge in [0.1, 0.15) is 37.6 Å². The zero-order valence-electron chi connectivity index (χ0n) is 35.0. The van der Waals surface area contributed by atoms with Crippen molar-refractivity contribution < 1.29 is 52.4 Å². The van der Waals surface area contributed by atoms with Crippen molar-refractivity contribution in [2.45, 2.75) is 76.9 Å². The van der Waals surface area contributed by atoms with Gasteiger partial charge in [0.05, 0.1) is 33.0 Å². The Labute approximate surface area is 366 Å². The summed E-state index contributed by atoms with van der Waals surface area (Å²) >= 11 is 0. The molecule has 0 radical (unpaired) electrons. The highest BCUT2D eigenvalue weighted by atomic mass is 31.0. The molecule has 2 aliphatic heterocycles. The second-order valence-corrected chi connectivity index (χ2v) is 15.8. The van der Waals surface area contributed by atoms with E-state index in [-0.39, 0.29) is 56.9 Å². The van der Waals surface area contributed by atoms with E-state index in [4.69, 9.17) is 47.3 Å². The first-order valence-electron chi connectivity index (χ1n) is 20.8. The van der Waals surface area contributed by atoms with Crippen LogP contribution < -0.4 is 0 Å². The Morgan fingerprint density at radius 1 is 0.516 bits per heavy atom. The lowest BCUT2D eigenvalue weighted by atomic mass is 10.0. The molecule has 7 rings (SSSR count). The van der Waals surface area contributed by atoms with Crippen molar-refractivity contribution in [3.8, 4) is 0 Å². The molecule has 62 heavy (non-hydrogen) atoms. The molecule has 7 unspecified atom stereocenters. The zero-order chi connectivity index (χ0) is 42.9. The van der Waals surface area contributed by atoms with Crippen LogP contribution in [0.1, 0.15) is 27.8 Å². The highest BCUT2D eigenvalue weighted by molar-refractivity contribution is 7.60. The molecule has 0 aromatic heterocycles. The molecule has 0 amide bonds. The summed E-state index contributed by atoms with van der Waals surface area (Å²) in [6.07, 6.45) is -5.81. The minimum Gasteiger partial charge on any atom is -0.506 e. The Morgan fingerprint density at radius 2 is 0.919 bits per heavy atom. The second kappa shape index (κ2) is 23.4. The molecule has 7 atom stereocenters.